The number of hydrogen-bond acceptors (Lipinski definition) is 3. The van der Waals surface area contributed by atoms with Gasteiger partial charge in [-0.15, -0.1) is 11.8 Å². The van der Waals surface area contributed by atoms with Gasteiger partial charge in [0.2, 0.25) is 5.91 Å². The number of thioether (sulfide) groups is 1. The van der Waals surface area contributed by atoms with E-state index >= 15 is 0 Å². The maximum absolute atomic E-state index is 12.2. The Balaban J connectivity index is 1.77. The van der Waals surface area contributed by atoms with Crippen molar-refractivity contribution in [2.75, 3.05) is 25.0 Å². The fourth-order valence-electron chi connectivity index (χ4n) is 2.09. The summed E-state index contributed by atoms with van der Waals surface area (Å²) < 4.78 is 0. The number of anilines is 1. The van der Waals surface area contributed by atoms with Gasteiger partial charge < -0.3 is 10.2 Å². The van der Waals surface area contributed by atoms with Crippen LogP contribution in [0.1, 0.15) is 6.92 Å². The minimum absolute atomic E-state index is 0.0244. The first-order valence-corrected chi connectivity index (χ1v) is 8.79. The predicted molar refractivity (Wildman–Crippen MR) is 99.5 cm³/mol. The standard InChI is InChI=1S/C18H21ClN2OS/c1-14(23-17-11-7-6-10-16(17)19)18(22)20-12-13-21(2)15-8-4-3-5-9-15/h3-11,14H,12-13H2,1-2H3,(H,20,22). The lowest BCUT2D eigenvalue weighted by Gasteiger charge is -2.20. The van der Waals surface area contributed by atoms with Crippen molar-refractivity contribution in [3.63, 3.8) is 0 Å². The van der Waals surface area contributed by atoms with Crippen molar-refractivity contribution in [3.05, 3.63) is 59.6 Å². The van der Waals surface area contributed by atoms with E-state index in [0.29, 0.717) is 11.6 Å². The molecule has 0 aliphatic rings. The number of rotatable bonds is 7. The zero-order chi connectivity index (χ0) is 16.7. The van der Waals surface area contributed by atoms with E-state index in [0.717, 1.165) is 17.1 Å². The van der Waals surface area contributed by atoms with Gasteiger partial charge >= 0.3 is 0 Å². The number of nitrogens with one attached hydrogen (secondary N) is 1. The van der Waals surface area contributed by atoms with Gasteiger partial charge in [0.1, 0.15) is 0 Å². The van der Waals surface area contributed by atoms with Crippen LogP contribution in [-0.2, 0) is 4.79 Å². The van der Waals surface area contributed by atoms with Gasteiger partial charge in [-0.25, -0.2) is 0 Å². The molecule has 0 bridgehead atoms. The molecule has 0 saturated carbocycles. The van der Waals surface area contributed by atoms with Crippen LogP contribution in [0, 0.1) is 0 Å². The maximum Gasteiger partial charge on any atom is 0.233 e. The van der Waals surface area contributed by atoms with Crippen LogP contribution in [-0.4, -0.2) is 31.3 Å². The van der Waals surface area contributed by atoms with E-state index in [-0.39, 0.29) is 11.2 Å². The lowest BCUT2D eigenvalue weighted by Crippen LogP contribution is -2.36. The molecule has 0 saturated heterocycles. The third-order valence-corrected chi connectivity index (χ3v) is 5.07. The molecule has 23 heavy (non-hydrogen) atoms. The molecule has 0 fully saturated rings. The maximum atomic E-state index is 12.2. The second-order valence-electron chi connectivity index (χ2n) is 5.24. The summed E-state index contributed by atoms with van der Waals surface area (Å²) in [5.41, 5.74) is 1.14. The number of likely N-dealkylation sites (N-methyl/N-ethyl adjacent to an activating group) is 1. The van der Waals surface area contributed by atoms with E-state index in [2.05, 4.69) is 22.3 Å². The van der Waals surface area contributed by atoms with Crippen LogP contribution >= 0.6 is 23.4 Å². The Kier molecular flexibility index (Phi) is 6.81. The van der Waals surface area contributed by atoms with Crippen molar-refractivity contribution in [2.45, 2.75) is 17.1 Å². The van der Waals surface area contributed by atoms with Crippen molar-refractivity contribution in [2.24, 2.45) is 0 Å². The van der Waals surface area contributed by atoms with Crippen molar-refractivity contribution in [1.82, 2.24) is 5.32 Å². The van der Waals surface area contributed by atoms with Gasteiger partial charge in [-0.1, -0.05) is 41.9 Å². The van der Waals surface area contributed by atoms with Gasteiger partial charge in [0, 0.05) is 30.7 Å². The molecule has 0 aromatic heterocycles. The molecule has 1 unspecified atom stereocenters. The Labute approximate surface area is 147 Å². The van der Waals surface area contributed by atoms with Crippen LogP contribution in [0.25, 0.3) is 0 Å². The molecule has 1 amide bonds. The molecule has 1 atom stereocenters. The average Bonchev–Trinajstić information content (AvgIpc) is 2.57. The zero-order valence-corrected chi connectivity index (χ0v) is 14.9. The third kappa shape index (κ3) is 5.48. The number of carbonyl (C=O) groups excluding carboxylic acids is 1. The molecule has 2 aromatic rings. The monoisotopic (exact) mass is 348 g/mol. The minimum atomic E-state index is -0.183. The number of amides is 1. The summed E-state index contributed by atoms with van der Waals surface area (Å²) in [6.45, 7) is 3.27. The van der Waals surface area contributed by atoms with Crippen LogP contribution < -0.4 is 10.2 Å². The van der Waals surface area contributed by atoms with Gasteiger partial charge in [-0.2, -0.15) is 0 Å². The van der Waals surface area contributed by atoms with Crippen molar-refractivity contribution >= 4 is 35.0 Å². The van der Waals surface area contributed by atoms with Crippen molar-refractivity contribution in [3.8, 4) is 0 Å². The normalized spacial score (nSPS) is 11.8. The van der Waals surface area contributed by atoms with Crippen LogP contribution in [0.5, 0.6) is 0 Å². The van der Waals surface area contributed by atoms with Crippen LogP contribution in [0.4, 0.5) is 5.69 Å². The van der Waals surface area contributed by atoms with Crippen LogP contribution in [0.3, 0.4) is 0 Å². The fraction of sp³-hybridized carbons (Fsp3) is 0.278. The van der Waals surface area contributed by atoms with E-state index in [1.54, 1.807) is 0 Å². The second kappa shape index (κ2) is 8.85. The van der Waals surface area contributed by atoms with E-state index < -0.39 is 0 Å². The quantitative estimate of drug-likeness (QED) is 0.765. The number of para-hydroxylation sites is 1. The highest BCUT2D eigenvalue weighted by molar-refractivity contribution is 8.00. The molecule has 122 valence electrons. The molecular formula is C18H21ClN2OS. The smallest absolute Gasteiger partial charge is 0.233 e. The summed E-state index contributed by atoms with van der Waals surface area (Å²) in [4.78, 5) is 15.2. The SMILES string of the molecule is CC(Sc1ccccc1Cl)C(=O)NCCN(C)c1ccccc1. The van der Waals surface area contributed by atoms with Gasteiger partial charge in [-0.3, -0.25) is 4.79 Å². The van der Waals surface area contributed by atoms with Crippen molar-refractivity contribution in [1.29, 1.82) is 0 Å². The Morgan fingerprint density at radius 3 is 2.52 bits per heavy atom. The summed E-state index contributed by atoms with van der Waals surface area (Å²) in [5.74, 6) is 0.0244. The lowest BCUT2D eigenvalue weighted by atomic mass is 10.3. The summed E-state index contributed by atoms with van der Waals surface area (Å²) >= 11 is 7.60. The summed E-state index contributed by atoms with van der Waals surface area (Å²) in [5, 5.41) is 3.48. The molecule has 1 N–H and O–H groups in total. The lowest BCUT2D eigenvalue weighted by molar-refractivity contribution is -0.120. The molecule has 2 rings (SSSR count). The summed E-state index contributed by atoms with van der Waals surface area (Å²) in [6.07, 6.45) is 0. The molecule has 0 aliphatic heterocycles. The van der Waals surface area contributed by atoms with Gasteiger partial charge in [-0.05, 0) is 31.2 Å². The molecular weight excluding hydrogens is 328 g/mol. The van der Waals surface area contributed by atoms with E-state index in [4.69, 9.17) is 11.6 Å². The molecule has 0 heterocycles. The topological polar surface area (TPSA) is 32.3 Å². The Morgan fingerprint density at radius 2 is 1.83 bits per heavy atom. The van der Waals surface area contributed by atoms with Gasteiger partial charge in [0.15, 0.2) is 0 Å². The van der Waals surface area contributed by atoms with Crippen LogP contribution in [0.2, 0.25) is 5.02 Å². The Bertz CT molecular complexity index is 636. The highest BCUT2D eigenvalue weighted by atomic mass is 35.5. The van der Waals surface area contributed by atoms with E-state index in [1.165, 1.54) is 11.8 Å². The highest BCUT2D eigenvalue weighted by Gasteiger charge is 2.15. The molecule has 0 spiro atoms. The van der Waals surface area contributed by atoms with E-state index in [1.807, 2.05) is 56.4 Å². The van der Waals surface area contributed by atoms with Gasteiger partial charge in [0.25, 0.3) is 0 Å². The first-order valence-electron chi connectivity index (χ1n) is 7.53. The number of benzene rings is 2. The third-order valence-electron chi connectivity index (χ3n) is 3.45. The largest absolute Gasteiger partial charge is 0.373 e. The minimum Gasteiger partial charge on any atom is -0.373 e. The first kappa shape index (κ1) is 17.7. The molecule has 3 nitrogen and oxygen atoms in total. The van der Waals surface area contributed by atoms with Crippen molar-refractivity contribution < 1.29 is 4.79 Å². The molecule has 0 aliphatic carbocycles. The first-order chi connectivity index (χ1) is 11.1. The summed E-state index contributed by atoms with van der Waals surface area (Å²) in [6, 6.07) is 17.7. The zero-order valence-electron chi connectivity index (χ0n) is 13.3. The molecule has 2 aromatic carbocycles. The van der Waals surface area contributed by atoms with Gasteiger partial charge in [0.05, 0.1) is 10.3 Å². The van der Waals surface area contributed by atoms with E-state index in [9.17, 15) is 4.79 Å². The highest BCUT2D eigenvalue weighted by Crippen LogP contribution is 2.29. The number of hydrogen-bond donors (Lipinski definition) is 1. The number of nitrogens with zero attached hydrogens (tertiary/aromatic N) is 1. The second-order valence-corrected chi connectivity index (χ2v) is 7.03. The Morgan fingerprint density at radius 1 is 1.17 bits per heavy atom. The van der Waals surface area contributed by atoms with Crippen LogP contribution in [0.15, 0.2) is 59.5 Å². The number of carbonyl (C=O) groups is 1. The fourth-order valence-corrected chi connectivity index (χ4v) is 3.26. The molecule has 5 heteroatoms. The predicted octanol–water partition coefficient (Wildman–Crippen LogP) is 4.07. The average molecular weight is 349 g/mol. The molecule has 0 radical (unpaired) electrons. The number of halogens is 1. The summed E-state index contributed by atoms with van der Waals surface area (Å²) in [7, 11) is 2.02. The Hall–Kier alpha value is -1.65.